The van der Waals surface area contributed by atoms with Gasteiger partial charge in [-0.2, -0.15) is 4.31 Å². The zero-order chi connectivity index (χ0) is 18.5. The van der Waals surface area contributed by atoms with Crippen LogP contribution in [0.1, 0.15) is 27.7 Å². The monoisotopic (exact) mass is 367 g/mol. The molecular weight excluding hydrogens is 341 g/mol. The van der Waals surface area contributed by atoms with E-state index in [0.717, 1.165) is 11.3 Å². The van der Waals surface area contributed by atoms with E-state index in [-0.39, 0.29) is 11.2 Å². The van der Waals surface area contributed by atoms with E-state index in [9.17, 15) is 8.42 Å². The summed E-state index contributed by atoms with van der Waals surface area (Å²) < 4.78 is 36.8. The molecule has 1 aromatic rings. The first-order chi connectivity index (χ1) is 11.5. The Bertz CT molecular complexity index is 712. The lowest BCUT2D eigenvalue weighted by Gasteiger charge is -2.34. The first-order valence-electron chi connectivity index (χ1n) is 8.51. The molecule has 2 aliphatic heterocycles. The van der Waals surface area contributed by atoms with Gasteiger partial charge in [0.1, 0.15) is 5.82 Å². The van der Waals surface area contributed by atoms with Gasteiger partial charge in [0.2, 0.25) is 10.0 Å². The van der Waals surface area contributed by atoms with Gasteiger partial charge in [-0.15, -0.1) is 0 Å². The zero-order valence-corrected chi connectivity index (χ0v) is 16.3. The number of piperazine rings is 1. The van der Waals surface area contributed by atoms with Crippen LogP contribution in [0.3, 0.4) is 0 Å². The average molecular weight is 367 g/mol. The van der Waals surface area contributed by atoms with Crippen molar-refractivity contribution >= 4 is 28.4 Å². The minimum Gasteiger partial charge on any atom is -0.399 e. The molecule has 25 heavy (non-hydrogen) atoms. The van der Waals surface area contributed by atoms with Crippen molar-refractivity contribution in [2.75, 3.05) is 37.3 Å². The highest BCUT2D eigenvalue weighted by molar-refractivity contribution is 7.88. The maximum atomic E-state index is 11.6. The van der Waals surface area contributed by atoms with Crippen LogP contribution in [0, 0.1) is 0 Å². The van der Waals surface area contributed by atoms with Crippen molar-refractivity contribution in [2.24, 2.45) is 0 Å². The van der Waals surface area contributed by atoms with Crippen LogP contribution >= 0.6 is 0 Å². The van der Waals surface area contributed by atoms with Crippen LogP contribution in [0.2, 0.25) is 0 Å². The van der Waals surface area contributed by atoms with Gasteiger partial charge in [0.15, 0.2) is 0 Å². The van der Waals surface area contributed by atoms with Crippen molar-refractivity contribution in [3.63, 3.8) is 0 Å². The summed E-state index contributed by atoms with van der Waals surface area (Å²) in [5.41, 5.74) is 0.133. The summed E-state index contributed by atoms with van der Waals surface area (Å²) in [6, 6.07) is 3.91. The number of hydrogen-bond donors (Lipinski definition) is 0. The van der Waals surface area contributed by atoms with Crippen LogP contribution in [0.25, 0.3) is 0 Å². The van der Waals surface area contributed by atoms with Crippen LogP contribution in [-0.2, 0) is 19.3 Å². The standard InChI is InChI=1S/C16H26BN3O4S/c1-15(2)16(3,4)24-17(23-15)13-6-7-14(18-12-13)19-8-10-20(11-9-19)25(5,21)22/h6-7,12H,8-11H2,1-5H3. The van der Waals surface area contributed by atoms with Gasteiger partial charge in [-0.3, -0.25) is 0 Å². The molecule has 2 aliphatic rings. The highest BCUT2D eigenvalue weighted by Gasteiger charge is 2.51. The normalized spacial score (nSPS) is 23.9. The molecule has 1 aromatic heterocycles. The molecule has 0 amide bonds. The number of rotatable bonds is 3. The van der Waals surface area contributed by atoms with Gasteiger partial charge in [0, 0.05) is 37.8 Å². The molecule has 0 atom stereocenters. The Hall–Kier alpha value is -1.16. The van der Waals surface area contributed by atoms with E-state index in [1.54, 1.807) is 6.20 Å². The van der Waals surface area contributed by atoms with E-state index in [0.29, 0.717) is 26.2 Å². The van der Waals surface area contributed by atoms with Crippen molar-refractivity contribution in [3.8, 4) is 0 Å². The second-order valence-electron chi connectivity index (χ2n) is 7.69. The van der Waals surface area contributed by atoms with E-state index < -0.39 is 17.1 Å². The molecule has 2 fully saturated rings. The number of aromatic nitrogens is 1. The fraction of sp³-hybridized carbons (Fsp3) is 0.688. The molecule has 0 unspecified atom stereocenters. The van der Waals surface area contributed by atoms with E-state index in [1.807, 2.05) is 39.8 Å². The molecule has 0 bridgehead atoms. The maximum absolute atomic E-state index is 11.6. The summed E-state index contributed by atoms with van der Waals surface area (Å²) >= 11 is 0. The number of hydrogen-bond acceptors (Lipinski definition) is 6. The van der Waals surface area contributed by atoms with Crippen molar-refractivity contribution in [1.29, 1.82) is 0 Å². The van der Waals surface area contributed by atoms with Crippen LogP contribution in [0.4, 0.5) is 5.82 Å². The molecule has 0 aliphatic carbocycles. The molecule has 0 saturated carbocycles. The van der Waals surface area contributed by atoms with Gasteiger partial charge >= 0.3 is 7.12 Å². The van der Waals surface area contributed by atoms with Gasteiger partial charge in [-0.25, -0.2) is 13.4 Å². The third-order valence-electron chi connectivity index (χ3n) is 5.33. The summed E-state index contributed by atoms with van der Waals surface area (Å²) in [6.45, 7) is 10.3. The number of pyridine rings is 1. The minimum atomic E-state index is -3.12. The molecular formula is C16H26BN3O4S. The van der Waals surface area contributed by atoms with E-state index in [4.69, 9.17) is 9.31 Å². The van der Waals surface area contributed by atoms with Crippen molar-refractivity contribution < 1.29 is 17.7 Å². The molecule has 0 N–H and O–H groups in total. The molecule has 138 valence electrons. The Morgan fingerprint density at radius 1 is 1.04 bits per heavy atom. The molecule has 2 saturated heterocycles. The number of anilines is 1. The second-order valence-corrected chi connectivity index (χ2v) is 9.67. The lowest BCUT2D eigenvalue weighted by molar-refractivity contribution is 0.00578. The van der Waals surface area contributed by atoms with Crippen LogP contribution in [0.15, 0.2) is 18.3 Å². The van der Waals surface area contributed by atoms with Crippen molar-refractivity contribution in [1.82, 2.24) is 9.29 Å². The summed E-state index contributed by atoms with van der Waals surface area (Å²) in [5, 5.41) is 0. The molecule has 0 aromatic carbocycles. The SMILES string of the molecule is CC1(C)OB(c2ccc(N3CCN(S(C)(=O)=O)CC3)nc2)OC1(C)C. The molecule has 0 spiro atoms. The Kier molecular flexibility index (Phi) is 4.64. The van der Waals surface area contributed by atoms with Crippen molar-refractivity contribution in [2.45, 2.75) is 38.9 Å². The highest BCUT2D eigenvalue weighted by Crippen LogP contribution is 2.36. The topological polar surface area (TPSA) is 72.0 Å². The fourth-order valence-electron chi connectivity index (χ4n) is 2.95. The van der Waals surface area contributed by atoms with Crippen molar-refractivity contribution in [3.05, 3.63) is 18.3 Å². The largest absolute Gasteiger partial charge is 0.496 e. The average Bonchev–Trinajstić information content (AvgIpc) is 2.75. The first-order valence-corrected chi connectivity index (χ1v) is 10.4. The fourth-order valence-corrected chi connectivity index (χ4v) is 3.78. The van der Waals surface area contributed by atoms with Crippen LogP contribution in [0.5, 0.6) is 0 Å². The lowest BCUT2D eigenvalue weighted by atomic mass is 9.80. The summed E-state index contributed by atoms with van der Waals surface area (Å²) in [5.74, 6) is 0.841. The van der Waals surface area contributed by atoms with Gasteiger partial charge in [0.25, 0.3) is 0 Å². The third-order valence-corrected chi connectivity index (χ3v) is 6.63. The van der Waals surface area contributed by atoms with Gasteiger partial charge in [-0.1, -0.05) is 6.07 Å². The third kappa shape index (κ3) is 3.69. The van der Waals surface area contributed by atoms with Gasteiger partial charge < -0.3 is 14.2 Å². The quantitative estimate of drug-likeness (QED) is 0.723. The van der Waals surface area contributed by atoms with Gasteiger partial charge in [-0.05, 0) is 33.8 Å². The van der Waals surface area contributed by atoms with Crippen LogP contribution in [-0.4, -0.2) is 68.5 Å². The predicted molar refractivity (Wildman–Crippen MR) is 98.6 cm³/mol. The molecule has 7 nitrogen and oxygen atoms in total. The Balaban J connectivity index is 1.66. The summed E-state index contributed by atoms with van der Waals surface area (Å²) in [4.78, 5) is 6.62. The summed E-state index contributed by atoms with van der Waals surface area (Å²) in [7, 11) is -3.54. The maximum Gasteiger partial charge on any atom is 0.496 e. The number of nitrogens with zero attached hydrogens (tertiary/aromatic N) is 3. The van der Waals surface area contributed by atoms with E-state index >= 15 is 0 Å². The molecule has 3 rings (SSSR count). The highest BCUT2D eigenvalue weighted by atomic mass is 32.2. The molecule has 9 heteroatoms. The van der Waals surface area contributed by atoms with E-state index in [2.05, 4.69) is 9.88 Å². The Morgan fingerprint density at radius 2 is 1.60 bits per heavy atom. The lowest BCUT2D eigenvalue weighted by Crippen LogP contribution is -2.48. The number of sulfonamides is 1. The summed E-state index contributed by atoms with van der Waals surface area (Å²) in [6.07, 6.45) is 3.03. The Labute approximate surface area is 150 Å². The smallest absolute Gasteiger partial charge is 0.399 e. The Morgan fingerprint density at radius 3 is 2.04 bits per heavy atom. The van der Waals surface area contributed by atoms with Crippen LogP contribution < -0.4 is 10.4 Å². The molecule has 3 heterocycles. The van der Waals surface area contributed by atoms with E-state index in [1.165, 1.54) is 10.6 Å². The zero-order valence-electron chi connectivity index (χ0n) is 15.5. The second kappa shape index (κ2) is 6.23. The van der Waals surface area contributed by atoms with Gasteiger partial charge in [0.05, 0.1) is 17.5 Å². The first kappa shape index (κ1) is 18.6. The molecule has 0 radical (unpaired) electrons. The minimum absolute atomic E-state index is 0.377. The predicted octanol–water partition coefficient (Wildman–Crippen LogP) is 0.462.